The fraction of sp³-hybridized carbons (Fsp3) is 0.200. The van der Waals surface area contributed by atoms with E-state index < -0.39 is 11.7 Å². The number of hydrogen-bond donors (Lipinski definition) is 0. The standard InChI is InChI=1S/C15H11F3N4OS/c1-23-11-4-5-19-12(7-11)14-22-21-13(24-14)6-10-3-2-9(8-20-10)15(16,17)18/h2-5,7-8H,6H2,1H3. The number of hydrogen-bond acceptors (Lipinski definition) is 6. The maximum Gasteiger partial charge on any atom is 0.417 e. The molecule has 3 heterocycles. The predicted octanol–water partition coefficient (Wildman–Crippen LogP) is 3.61. The Hall–Kier alpha value is -2.55. The fourth-order valence-corrected chi connectivity index (χ4v) is 2.76. The lowest BCUT2D eigenvalue weighted by atomic mass is 10.2. The number of methoxy groups -OCH3 is 1. The van der Waals surface area contributed by atoms with Gasteiger partial charge in [0.25, 0.3) is 0 Å². The molecule has 0 atom stereocenters. The third kappa shape index (κ3) is 3.67. The van der Waals surface area contributed by atoms with E-state index in [-0.39, 0.29) is 0 Å². The number of ether oxygens (including phenoxy) is 1. The average Bonchev–Trinajstić information content (AvgIpc) is 3.03. The van der Waals surface area contributed by atoms with Crippen molar-refractivity contribution in [3.63, 3.8) is 0 Å². The van der Waals surface area contributed by atoms with E-state index in [1.165, 1.54) is 17.4 Å². The molecule has 3 aromatic heterocycles. The highest BCUT2D eigenvalue weighted by Crippen LogP contribution is 2.29. The molecule has 0 aromatic carbocycles. The van der Waals surface area contributed by atoms with E-state index in [0.717, 1.165) is 12.3 Å². The van der Waals surface area contributed by atoms with Crippen molar-refractivity contribution in [2.24, 2.45) is 0 Å². The first kappa shape index (κ1) is 16.3. The van der Waals surface area contributed by atoms with Gasteiger partial charge < -0.3 is 4.74 Å². The Morgan fingerprint density at radius 2 is 1.96 bits per heavy atom. The summed E-state index contributed by atoms with van der Waals surface area (Å²) in [6, 6.07) is 5.81. The summed E-state index contributed by atoms with van der Waals surface area (Å²) in [5.41, 5.74) is 0.340. The van der Waals surface area contributed by atoms with Crippen LogP contribution in [0.4, 0.5) is 13.2 Å². The SMILES string of the molecule is COc1ccnc(-c2nnc(Cc3ccc(C(F)(F)F)cn3)s2)c1. The van der Waals surface area contributed by atoms with E-state index in [4.69, 9.17) is 4.74 Å². The monoisotopic (exact) mass is 352 g/mol. The quantitative estimate of drug-likeness (QED) is 0.718. The maximum absolute atomic E-state index is 12.5. The molecule has 3 rings (SSSR count). The van der Waals surface area contributed by atoms with Crippen molar-refractivity contribution in [1.82, 2.24) is 20.2 Å². The number of aromatic nitrogens is 4. The van der Waals surface area contributed by atoms with Crippen molar-refractivity contribution >= 4 is 11.3 Å². The lowest BCUT2D eigenvalue weighted by Crippen LogP contribution is -2.06. The maximum atomic E-state index is 12.5. The summed E-state index contributed by atoms with van der Waals surface area (Å²) in [6.45, 7) is 0. The van der Waals surface area contributed by atoms with Gasteiger partial charge in [-0.15, -0.1) is 10.2 Å². The Morgan fingerprint density at radius 1 is 1.12 bits per heavy atom. The highest BCUT2D eigenvalue weighted by atomic mass is 32.1. The zero-order chi connectivity index (χ0) is 17.2. The van der Waals surface area contributed by atoms with Crippen LogP contribution in [0.25, 0.3) is 10.7 Å². The molecule has 0 aliphatic heterocycles. The van der Waals surface area contributed by atoms with Crippen LogP contribution in [0.2, 0.25) is 0 Å². The molecule has 0 bridgehead atoms. The first-order chi connectivity index (χ1) is 11.5. The molecule has 0 fully saturated rings. The fourth-order valence-electron chi connectivity index (χ4n) is 1.94. The number of nitrogens with zero attached hydrogens (tertiary/aromatic N) is 4. The summed E-state index contributed by atoms with van der Waals surface area (Å²) in [5.74, 6) is 0.654. The second-order valence-corrected chi connectivity index (χ2v) is 5.86. The van der Waals surface area contributed by atoms with Crippen LogP contribution >= 0.6 is 11.3 Å². The van der Waals surface area contributed by atoms with Crippen LogP contribution in [-0.2, 0) is 12.6 Å². The second-order valence-electron chi connectivity index (χ2n) is 4.79. The molecule has 0 aliphatic carbocycles. The lowest BCUT2D eigenvalue weighted by molar-refractivity contribution is -0.137. The summed E-state index contributed by atoms with van der Waals surface area (Å²) < 4.78 is 42.7. The van der Waals surface area contributed by atoms with Crippen molar-refractivity contribution < 1.29 is 17.9 Å². The first-order valence-corrected chi connectivity index (χ1v) is 7.62. The summed E-state index contributed by atoms with van der Waals surface area (Å²) in [6.07, 6.45) is -1.66. The van der Waals surface area contributed by atoms with Crippen LogP contribution in [0.3, 0.4) is 0 Å². The summed E-state index contributed by atoms with van der Waals surface area (Å²) >= 11 is 1.31. The largest absolute Gasteiger partial charge is 0.497 e. The van der Waals surface area contributed by atoms with Gasteiger partial charge >= 0.3 is 6.18 Å². The zero-order valence-electron chi connectivity index (χ0n) is 12.4. The van der Waals surface area contributed by atoms with Crippen molar-refractivity contribution in [3.05, 3.63) is 52.9 Å². The minimum atomic E-state index is -4.39. The lowest BCUT2D eigenvalue weighted by Gasteiger charge is -2.05. The molecule has 0 radical (unpaired) electrons. The third-order valence-electron chi connectivity index (χ3n) is 3.14. The van der Waals surface area contributed by atoms with Gasteiger partial charge in [-0.1, -0.05) is 11.3 Å². The highest BCUT2D eigenvalue weighted by molar-refractivity contribution is 7.14. The highest BCUT2D eigenvalue weighted by Gasteiger charge is 2.30. The van der Waals surface area contributed by atoms with Crippen molar-refractivity contribution in [2.45, 2.75) is 12.6 Å². The molecular formula is C15H11F3N4OS. The van der Waals surface area contributed by atoms with Crippen LogP contribution in [0, 0.1) is 0 Å². The average molecular weight is 352 g/mol. The molecule has 24 heavy (non-hydrogen) atoms. The van der Waals surface area contributed by atoms with Gasteiger partial charge in [-0.05, 0) is 18.2 Å². The molecule has 3 aromatic rings. The van der Waals surface area contributed by atoms with Gasteiger partial charge in [0.1, 0.15) is 16.5 Å². The number of rotatable bonds is 4. The Kier molecular flexibility index (Phi) is 4.43. The smallest absolute Gasteiger partial charge is 0.417 e. The normalized spacial score (nSPS) is 11.5. The summed E-state index contributed by atoms with van der Waals surface area (Å²) in [7, 11) is 1.56. The van der Waals surface area contributed by atoms with Crippen molar-refractivity contribution in [3.8, 4) is 16.5 Å². The third-order valence-corrected chi connectivity index (χ3v) is 4.08. The van der Waals surface area contributed by atoms with Gasteiger partial charge in [-0.25, -0.2) is 0 Å². The topological polar surface area (TPSA) is 60.8 Å². The summed E-state index contributed by atoms with van der Waals surface area (Å²) in [4.78, 5) is 8.04. The molecule has 0 unspecified atom stereocenters. The van der Waals surface area contributed by atoms with Gasteiger partial charge in [-0.3, -0.25) is 9.97 Å². The van der Waals surface area contributed by atoms with Gasteiger partial charge in [0.15, 0.2) is 5.01 Å². The Labute approximate surface area is 139 Å². The molecule has 5 nitrogen and oxygen atoms in total. The minimum Gasteiger partial charge on any atom is -0.497 e. The van der Waals surface area contributed by atoms with E-state index >= 15 is 0 Å². The van der Waals surface area contributed by atoms with Gasteiger partial charge in [0.2, 0.25) is 0 Å². The van der Waals surface area contributed by atoms with Crippen LogP contribution in [-0.4, -0.2) is 27.3 Å². The minimum absolute atomic E-state index is 0.305. The van der Waals surface area contributed by atoms with Crippen LogP contribution in [0.15, 0.2) is 36.7 Å². The molecule has 0 saturated carbocycles. The van der Waals surface area contributed by atoms with Gasteiger partial charge in [0, 0.05) is 30.6 Å². The predicted molar refractivity (Wildman–Crippen MR) is 81.7 cm³/mol. The number of alkyl halides is 3. The Morgan fingerprint density at radius 3 is 2.62 bits per heavy atom. The van der Waals surface area contributed by atoms with E-state index in [0.29, 0.717) is 33.6 Å². The molecule has 0 aliphatic rings. The van der Waals surface area contributed by atoms with Crippen LogP contribution in [0.5, 0.6) is 5.75 Å². The van der Waals surface area contributed by atoms with E-state index in [1.54, 1.807) is 25.4 Å². The number of pyridine rings is 2. The first-order valence-electron chi connectivity index (χ1n) is 6.80. The molecule has 0 amide bonds. The molecular weight excluding hydrogens is 341 g/mol. The van der Waals surface area contributed by atoms with Crippen molar-refractivity contribution in [1.29, 1.82) is 0 Å². The molecule has 0 saturated heterocycles. The van der Waals surface area contributed by atoms with E-state index in [1.807, 2.05) is 0 Å². The molecule has 124 valence electrons. The van der Waals surface area contributed by atoms with Crippen LogP contribution < -0.4 is 4.74 Å². The Bertz CT molecular complexity index is 833. The second kappa shape index (κ2) is 6.52. The van der Waals surface area contributed by atoms with E-state index in [2.05, 4.69) is 20.2 Å². The molecule has 9 heteroatoms. The van der Waals surface area contributed by atoms with Gasteiger partial charge in [0.05, 0.1) is 12.7 Å². The van der Waals surface area contributed by atoms with Crippen LogP contribution in [0.1, 0.15) is 16.3 Å². The number of halogens is 3. The van der Waals surface area contributed by atoms with Gasteiger partial charge in [-0.2, -0.15) is 13.2 Å². The zero-order valence-corrected chi connectivity index (χ0v) is 13.2. The van der Waals surface area contributed by atoms with Crippen molar-refractivity contribution in [2.75, 3.05) is 7.11 Å². The Balaban J connectivity index is 1.76. The molecule has 0 N–H and O–H groups in total. The van der Waals surface area contributed by atoms with E-state index in [9.17, 15) is 13.2 Å². The molecule has 0 spiro atoms. The summed E-state index contributed by atoms with van der Waals surface area (Å²) in [5, 5.41) is 9.35.